The highest BCUT2D eigenvalue weighted by Gasteiger charge is 2.50. The van der Waals surface area contributed by atoms with Crippen molar-refractivity contribution in [2.45, 2.75) is 77.0 Å². The van der Waals surface area contributed by atoms with E-state index in [1.54, 1.807) is 0 Å². The number of hydrogen-bond donors (Lipinski definition) is 2. The highest BCUT2D eigenvalue weighted by molar-refractivity contribution is 6.74. The number of amides is 1. The molecule has 1 amide bonds. The Hall–Kier alpha value is -1.25. The van der Waals surface area contributed by atoms with E-state index in [9.17, 15) is 9.90 Å². The fraction of sp³-hybridized carbons (Fsp3) is 0.650. The molecule has 152 valence electrons. The van der Waals surface area contributed by atoms with E-state index in [4.69, 9.17) is 13.9 Å². The molecule has 0 saturated carbocycles. The summed E-state index contributed by atoms with van der Waals surface area (Å²) in [6.45, 7) is 12.9. The Morgan fingerprint density at radius 3 is 2.44 bits per heavy atom. The van der Waals surface area contributed by atoms with E-state index in [-0.39, 0.29) is 17.6 Å². The lowest BCUT2D eigenvalue weighted by Crippen LogP contribution is -2.54. The minimum Gasteiger partial charge on any atom is -0.409 e. The van der Waals surface area contributed by atoms with Crippen LogP contribution < -0.4 is 5.32 Å². The van der Waals surface area contributed by atoms with Crippen LogP contribution in [0.4, 0.5) is 0 Å². The molecule has 2 rings (SSSR count). The third-order valence-electron chi connectivity index (χ3n) is 5.34. The molecule has 7 heteroatoms. The number of nitrogens with one attached hydrogen (secondary N) is 1. The highest BCUT2D eigenvalue weighted by atomic mass is 28.4. The fourth-order valence-electron chi connectivity index (χ4n) is 2.79. The van der Waals surface area contributed by atoms with Gasteiger partial charge < -0.3 is 24.3 Å². The topological polar surface area (TPSA) is 77.0 Å². The zero-order chi connectivity index (χ0) is 20.2. The summed E-state index contributed by atoms with van der Waals surface area (Å²) in [6.07, 6.45) is -2.02. The molecular formula is C20H33NO5Si. The van der Waals surface area contributed by atoms with Gasteiger partial charge in [-0.3, -0.25) is 4.79 Å². The Labute approximate surface area is 163 Å². The van der Waals surface area contributed by atoms with Gasteiger partial charge in [0, 0.05) is 6.92 Å². The SMILES string of the molecule is CC(=O)N[C@@H]1C(O)O[C@H](COCc2ccccc2)C1O[Si](C)(C)C(C)(C)C. The van der Waals surface area contributed by atoms with Crippen LogP contribution in [0.25, 0.3) is 0 Å². The quantitative estimate of drug-likeness (QED) is 0.694. The van der Waals surface area contributed by atoms with Crippen molar-refractivity contribution in [1.29, 1.82) is 0 Å². The minimum atomic E-state index is -2.14. The van der Waals surface area contributed by atoms with Gasteiger partial charge in [-0.05, 0) is 23.7 Å². The highest BCUT2D eigenvalue weighted by Crippen LogP contribution is 2.39. The third-order valence-corrected chi connectivity index (χ3v) is 9.82. The number of carbonyl (C=O) groups is 1. The first-order chi connectivity index (χ1) is 12.5. The van der Waals surface area contributed by atoms with Crippen LogP contribution in [-0.2, 0) is 25.3 Å². The van der Waals surface area contributed by atoms with Gasteiger partial charge >= 0.3 is 0 Å². The predicted molar refractivity (Wildman–Crippen MR) is 107 cm³/mol. The van der Waals surface area contributed by atoms with Gasteiger partial charge in [-0.15, -0.1) is 0 Å². The molecule has 1 heterocycles. The Kier molecular flexibility index (Phi) is 7.21. The van der Waals surface area contributed by atoms with Gasteiger partial charge in [0.15, 0.2) is 14.6 Å². The van der Waals surface area contributed by atoms with E-state index < -0.39 is 32.9 Å². The molecule has 1 aliphatic heterocycles. The summed E-state index contributed by atoms with van der Waals surface area (Å²) in [5.74, 6) is -0.225. The molecule has 2 unspecified atom stereocenters. The maximum absolute atomic E-state index is 11.6. The molecule has 1 aromatic carbocycles. The van der Waals surface area contributed by atoms with Gasteiger partial charge in [-0.1, -0.05) is 51.1 Å². The van der Waals surface area contributed by atoms with Crippen LogP contribution in [0.1, 0.15) is 33.3 Å². The number of aliphatic hydroxyl groups excluding tert-OH is 1. The maximum Gasteiger partial charge on any atom is 0.217 e. The van der Waals surface area contributed by atoms with Crippen molar-refractivity contribution in [3.05, 3.63) is 35.9 Å². The number of ether oxygens (including phenoxy) is 2. The van der Waals surface area contributed by atoms with Crippen molar-refractivity contribution < 1.29 is 23.8 Å². The molecule has 1 saturated heterocycles. The third kappa shape index (κ3) is 5.86. The zero-order valence-electron chi connectivity index (χ0n) is 17.2. The summed E-state index contributed by atoms with van der Waals surface area (Å²) in [7, 11) is -2.14. The molecule has 4 atom stereocenters. The van der Waals surface area contributed by atoms with Crippen LogP contribution in [0.3, 0.4) is 0 Å². The first-order valence-corrected chi connectivity index (χ1v) is 12.3. The monoisotopic (exact) mass is 395 g/mol. The molecule has 1 aliphatic rings. The van der Waals surface area contributed by atoms with Gasteiger partial charge in [0.1, 0.15) is 12.1 Å². The van der Waals surface area contributed by atoms with Gasteiger partial charge in [-0.25, -0.2) is 0 Å². The van der Waals surface area contributed by atoms with E-state index >= 15 is 0 Å². The molecule has 0 radical (unpaired) electrons. The van der Waals surface area contributed by atoms with Crippen molar-refractivity contribution in [3.8, 4) is 0 Å². The molecule has 0 spiro atoms. The first-order valence-electron chi connectivity index (χ1n) is 9.41. The number of aliphatic hydroxyl groups is 1. The summed E-state index contributed by atoms with van der Waals surface area (Å²) in [5, 5.41) is 13.1. The summed E-state index contributed by atoms with van der Waals surface area (Å²) < 4.78 is 18.0. The number of carbonyl (C=O) groups excluding carboxylic acids is 1. The summed E-state index contributed by atoms with van der Waals surface area (Å²) in [5.41, 5.74) is 1.07. The lowest BCUT2D eigenvalue weighted by atomic mass is 10.1. The van der Waals surface area contributed by atoms with Crippen molar-refractivity contribution in [3.63, 3.8) is 0 Å². The number of hydrogen-bond acceptors (Lipinski definition) is 5. The van der Waals surface area contributed by atoms with Crippen LogP contribution in [0.5, 0.6) is 0 Å². The van der Waals surface area contributed by atoms with E-state index in [0.717, 1.165) is 5.56 Å². The molecule has 1 fully saturated rings. The molecule has 0 aliphatic carbocycles. The molecule has 0 aromatic heterocycles. The molecule has 27 heavy (non-hydrogen) atoms. The van der Waals surface area contributed by atoms with Crippen LogP contribution in [0.2, 0.25) is 18.1 Å². The summed E-state index contributed by atoms with van der Waals surface area (Å²) in [6, 6.07) is 9.26. The van der Waals surface area contributed by atoms with Crippen LogP contribution >= 0.6 is 0 Å². The van der Waals surface area contributed by atoms with Crippen LogP contribution in [0.15, 0.2) is 30.3 Å². The smallest absolute Gasteiger partial charge is 0.217 e. The van der Waals surface area contributed by atoms with Crippen LogP contribution in [0, 0.1) is 0 Å². The van der Waals surface area contributed by atoms with Crippen molar-refractivity contribution in [2.75, 3.05) is 6.61 Å². The van der Waals surface area contributed by atoms with Crippen molar-refractivity contribution in [1.82, 2.24) is 5.32 Å². The minimum absolute atomic E-state index is 0.00321. The average molecular weight is 396 g/mol. The van der Waals surface area contributed by atoms with E-state index in [1.807, 2.05) is 30.3 Å². The fourth-order valence-corrected chi connectivity index (χ4v) is 4.12. The second kappa shape index (κ2) is 8.83. The Bertz CT molecular complexity index is 617. The molecular weight excluding hydrogens is 362 g/mol. The standard InChI is InChI=1S/C20H33NO5Si/c1-14(22)21-17-18(26-27(5,6)20(2,3)4)16(25-19(17)23)13-24-12-15-10-8-7-9-11-15/h7-11,16-19,23H,12-13H2,1-6H3,(H,21,22)/t16-,17+,18?,19?/m1/s1. The molecule has 6 nitrogen and oxygen atoms in total. The second-order valence-electron chi connectivity index (χ2n) is 8.63. The van der Waals surface area contributed by atoms with E-state index in [1.165, 1.54) is 6.92 Å². The first kappa shape index (κ1) is 22.0. The molecule has 2 N–H and O–H groups in total. The maximum atomic E-state index is 11.6. The lowest BCUT2D eigenvalue weighted by molar-refractivity contribution is -0.129. The normalized spacial score (nSPS) is 26.2. The average Bonchev–Trinajstić information content (AvgIpc) is 2.82. The van der Waals surface area contributed by atoms with Crippen LogP contribution in [-0.4, -0.2) is 50.5 Å². The Morgan fingerprint density at radius 1 is 1.26 bits per heavy atom. The van der Waals surface area contributed by atoms with Gasteiger partial charge in [0.2, 0.25) is 5.91 Å². The number of rotatable bonds is 7. The number of benzene rings is 1. The van der Waals surface area contributed by atoms with Gasteiger partial charge in [0.25, 0.3) is 0 Å². The molecule has 0 bridgehead atoms. The second-order valence-corrected chi connectivity index (χ2v) is 13.4. The van der Waals surface area contributed by atoms with E-state index in [0.29, 0.717) is 6.61 Å². The van der Waals surface area contributed by atoms with E-state index in [2.05, 4.69) is 39.2 Å². The summed E-state index contributed by atoms with van der Waals surface area (Å²) >= 11 is 0. The lowest BCUT2D eigenvalue weighted by Gasteiger charge is -2.40. The van der Waals surface area contributed by atoms with Gasteiger partial charge in [-0.2, -0.15) is 0 Å². The van der Waals surface area contributed by atoms with Crippen molar-refractivity contribution in [2.24, 2.45) is 0 Å². The Balaban J connectivity index is 2.09. The predicted octanol–water partition coefficient (Wildman–Crippen LogP) is 2.82. The largest absolute Gasteiger partial charge is 0.409 e. The van der Waals surface area contributed by atoms with Gasteiger partial charge in [0.05, 0.1) is 19.3 Å². The summed E-state index contributed by atoms with van der Waals surface area (Å²) in [4.78, 5) is 11.6. The van der Waals surface area contributed by atoms with Crippen molar-refractivity contribution >= 4 is 14.2 Å². The zero-order valence-corrected chi connectivity index (χ0v) is 18.2. The Morgan fingerprint density at radius 2 is 1.89 bits per heavy atom. The molecule has 1 aromatic rings.